The number of amides is 1. The highest BCUT2D eigenvalue weighted by atomic mass is 79.9. The first-order valence-electron chi connectivity index (χ1n) is 8.08. The standard InChI is InChI=1S/C20H16BrNO5/c21-15-6-8-16(9-7-15)22-18(23)13-27-20(24)19-14(10-11-25-19)12-26-17-4-2-1-3-5-17/h1-11H,12-13H2,(H,22,23). The summed E-state index contributed by atoms with van der Waals surface area (Å²) < 4.78 is 16.7. The Balaban J connectivity index is 1.51. The molecule has 1 aromatic heterocycles. The molecule has 0 radical (unpaired) electrons. The monoisotopic (exact) mass is 429 g/mol. The van der Waals surface area contributed by atoms with Crippen molar-refractivity contribution in [3.63, 3.8) is 0 Å². The molecule has 0 aliphatic carbocycles. The van der Waals surface area contributed by atoms with Crippen molar-refractivity contribution in [3.8, 4) is 5.75 Å². The maximum Gasteiger partial charge on any atom is 0.375 e. The van der Waals surface area contributed by atoms with Crippen molar-refractivity contribution in [1.29, 1.82) is 0 Å². The summed E-state index contributed by atoms with van der Waals surface area (Å²) >= 11 is 3.32. The van der Waals surface area contributed by atoms with Crippen LogP contribution in [-0.4, -0.2) is 18.5 Å². The number of carbonyl (C=O) groups excluding carboxylic acids is 2. The topological polar surface area (TPSA) is 77.8 Å². The molecule has 138 valence electrons. The van der Waals surface area contributed by atoms with Gasteiger partial charge in [0.2, 0.25) is 5.76 Å². The number of rotatable bonds is 7. The number of hydrogen-bond donors (Lipinski definition) is 1. The lowest BCUT2D eigenvalue weighted by atomic mass is 10.2. The Morgan fingerprint density at radius 2 is 1.74 bits per heavy atom. The summed E-state index contributed by atoms with van der Waals surface area (Å²) in [4.78, 5) is 24.1. The van der Waals surface area contributed by atoms with Crippen LogP contribution in [0.5, 0.6) is 5.75 Å². The van der Waals surface area contributed by atoms with Gasteiger partial charge in [-0.25, -0.2) is 4.79 Å². The lowest BCUT2D eigenvalue weighted by Gasteiger charge is -2.08. The Morgan fingerprint density at radius 3 is 2.48 bits per heavy atom. The summed E-state index contributed by atoms with van der Waals surface area (Å²) in [5, 5.41) is 2.64. The van der Waals surface area contributed by atoms with Gasteiger partial charge >= 0.3 is 5.97 Å². The van der Waals surface area contributed by atoms with Crippen LogP contribution in [-0.2, 0) is 16.1 Å². The highest BCUT2D eigenvalue weighted by molar-refractivity contribution is 9.10. The predicted molar refractivity (Wildman–Crippen MR) is 103 cm³/mol. The van der Waals surface area contributed by atoms with Gasteiger partial charge in [0.15, 0.2) is 6.61 Å². The maximum absolute atomic E-state index is 12.2. The Morgan fingerprint density at radius 1 is 1.00 bits per heavy atom. The van der Waals surface area contributed by atoms with E-state index < -0.39 is 18.5 Å². The SMILES string of the molecule is O=C(COC(=O)c1occc1COc1ccccc1)Nc1ccc(Br)cc1. The molecular formula is C20H16BrNO5. The first-order valence-corrected chi connectivity index (χ1v) is 8.88. The minimum atomic E-state index is -0.724. The second-order valence-corrected chi connectivity index (χ2v) is 6.42. The maximum atomic E-state index is 12.2. The number of halogens is 1. The highest BCUT2D eigenvalue weighted by Gasteiger charge is 2.18. The van der Waals surface area contributed by atoms with E-state index in [4.69, 9.17) is 13.9 Å². The molecule has 6 nitrogen and oxygen atoms in total. The Kier molecular flexibility index (Phi) is 6.27. The largest absolute Gasteiger partial charge is 0.489 e. The van der Waals surface area contributed by atoms with E-state index in [2.05, 4.69) is 21.2 Å². The number of furan rings is 1. The van der Waals surface area contributed by atoms with E-state index in [9.17, 15) is 9.59 Å². The van der Waals surface area contributed by atoms with Gasteiger partial charge in [-0.2, -0.15) is 0 Å². The minimum Gasteiger partial charge on any atom is -0.489 e. The third-order valence-electron chi connectivity index (χ3n) is 3.53. The number of benzene rings is 2. The van der Waals surface area contributed by atoms with Crippen LogP contribution < -0.4 is 10.1 Å². The van der Waals surface area contributed by atoms with E-state index >= 15 is 0 Å². The van der Waals surface area contributed by atoms with Gasteiger partial charge in [-0.05, 0) is 42.5 Å². The fraction of sp³-hybridized carbons (Fsp3) is 0.100. The van der Waals surface area contributed by atoms with Gasteiger partial charge in [0.1, 0.15) is 12.4 Å². The van der Waals surface area contributed by atoms with Gasteiger partial charge in [-0.1, -0.05) is 34.1 Å². The molecule has 0 saturated carbocycles. The molecule has 0 fully saturated rings. The number of hydrogen-bond acceptors (Lipinski definition) is 5. The average Bonchev–Trinajstić information content (AvgIpc) is 3.16. The van der Waals surface area contributed by atoms with E-state index in [-0.39, 0.29) is 12.4 Å². The van der Waals surface area contributed by atoms with Crippen molar-refractivity contribution in [1.82, 2.24) is 0 Å². The summed E-state index contributed by atoms with van der Waals surface area (Å²) in [6, 6.07) is 17.9. The van der Waals surface area contributed by atoms with Gasteiger partial charge in [0, 0.05) is 15.7 Å². The minimum absolute atomic E-state index is 0.0161. The molecule has 0 unspecified atom stereocenters. The van der Waals surface area contributed by atoms with Gasteiger partial charge in [0.05, 0.1) is 6.26 Å². The molecule has 1 amide bonds. The van der Waals surface area contributed by atoms with Crippen molar-refractivity contribution < 1.29 is 23.5 Å². The van der Waals surface area contributed by atoms with Gasteiger partial charge in [-0.3, -0.25) is 4.79 Å². The molecule has 3 rings (SSSR count). The van der Waals surface area contributed by atoms with E-state index in [0.717, 1.165) is 4.47 Å². The fourth-order valence-corrected chi connectivity index (χ4v) is 2.50. The van der Waals surface area contributed by atoms with Crippen molar-refractivity contribution in [2.45, 2.75) is 6.61 Å². The summed E-state index contributed by atoms with van der Waals surface area (Å²) in [5.41, 5.74) is 1.14. The molecule has 0 aliphatic rings. The fourth-order valence-electron chi connectivity index (χ4n) is 2.23. The van der Waals surface area contributed by atoms with E-state index in [0.29, 0.717) is 17.0 Å². The number of anilines is 1. The van der Waals surface area contributed by atoms with Crippen LogP contribution >= 0.6 is 15.9 Å². The smallest absolute Gasteiger partial charge is 0.375 e. The second-order valence-electron chi connectivity index (χ2n) is 5.51. The molecule has 1 N–H and O–H groups in total. The molecule has 27 heavy (non-hydrogen) atoms. The number of carbonyl (C=O) groups is 2. The van der Waals surface area contributed by atoms with Crippen molar-refractivity contribution >= 4 is 33.5 Å². The molecular weight excluding hydrogens is 414 g/mol. The Bertz CT molecular complexity index is 906. The Hall–Kier alpha value is -3.06. The molecule has 0 spiro atoms. The number of para-hydroxylation sites is 1. The first-order chi connectivity index (χ1) is 13.1. The average molecular weight is 430 g/mol. The molecule has 0 aliphatic heterocycles. The van der Waals surface area contributed by atoms with E-state index in [1.165, 1.54) is 6.26 Å². The zero-order valence-corrected chi connectivity index (χ0v) is 15.8. The molecule has 1 heterocycles. The zero-order valence-electron chi connectivity index (χ0n) is 14.2. The van der Waals surface area contributed by atoms with E-state index in [1.54, 1.807) is 30.3 Å². The molecule has 0 bridgehead atoms. The molecule has 2 aromatic carbocycles. The summed E-state index contributed by atoms with van der Waals surface area (Å²) in [6.45, 7) is -0.273. The van der Waals surface area contributed by atoms with Crippen LogP contribution in [0.3, 0.4) is 0 Å². The quantitative estimate of drug-likeness (QED) is 0.562. The van der Waals surface area contributed by atoms with Crippen molar-refractivity contribution in [3.05, 3.63) is 82.7 Å². The van der Waals surface area contributed by atoms with Crippen molar-refractivity contribution in [2.24, 2.45) is 0 Å². The third-order valence-corrected chi connectivity index (χ3v) is 4.06. The zero-order chi connectivity index (χ0) is 19.1. The van der Waals surface area contributed by atoms with Gasteiger partial charge < -0.3 is 19.2 Å². The Labute approximate surface area is 164 Å². The molecule has 3 aromatic rings. The summed E-state index contributed by atoms with van der Waals surface area (Å²) in [5.74, 6) is -0.480. The normalized spacial score (nSPS) is 10.3. The first kappa shape index (κ1) is 18.7. The van der Waals surface area contributed by atoms with Crippen molar-refractivity contribution in [2.75, 3.05) is 11.9 Å². The second kappa shape index (κ2) is 9.05. The molecule has 7 heteroatoms. The summed E-state index contributed by atoms with van der Waals surface area (Å²) in [7, 11) is 0. The van der Waals surface area contributed by atoms with Crippen LogP contribution in [0, 0.1) is 0 Å². The molecule has 0 atom stereocenters. The van der Waals surface area contributed by atoms with E-state index in [1.807, 2.05) is 30.3 Å². The highest BCUT2D eigenvalue weighted by Crippen LogP contribution is 2.17. The number of esters is 1. The van der Waals surface area contributed by atoms with Gasteiger partial charge in [-0.15, -0.1) is 0 Å². The lowest BCUT2D eigenvalue weighted by molar-refractivity contribution is -0.119. The third kappa shape index (κ3) is 5.46. The van der Waals surface area contributed by atoms with Crippen LogP contribution in [0.15, 0.2) is 75.8 Å². The van der Waals surface area contributed by atoms with Crippen LogP contribution in [0.25, 0.3) is 0 Å². The van der Waals surface area contributed by atoms with Crippen LogP contribution in [0.4, 0.5) is 5.69 Å². The lowest BCUT2D eigenvalue weighted by Crippen LogP contribution is -2.21. The van der Waals surface area contributed by atoms with Crippen LogP contribution in [0.1, 0.15) is 16.1 Å². The van der Waals surface area contributed by atoms with Gasteiger partial charge in [0.25, 0.3) is 5.91 Å². The predicted octanol–water partition coefficient (Wildman–Crippen LogP) is 4.42. The number of nitrogens with one attached hydrogen (secondary N) is 1. The van der Waals surface area contributed by atoms with Crippen LogP contribution in [0.2, 0.25) is 0 Å². The molecule has 0 saturated heterocycles. The summed E-state index contributed by atoms with van der Waals surface area (Å²) in [6.07, 6.45) is 1.38. The number of ether oxygens (including phenoxy) is 2.